The average Bonchev–Trinajstić information content (AvgIpc) is 3.11. The number of phenols is 1. The highest BCUT2D eigenvalue weighted by atomic mass is 28.4. The number of aromatic nitrogens is 3. The van der Waals surface area contributed by atoms with Gasteiger partial charge in [0.05, 0.1) is 0 Å². The number of nitrogens with zero attached hydrogens (tertiary/aromatic N) is 3. The monoisotopic (exact) mass is 363 g/mol. The SMILES string of the molecule is C=C[Si](C=C)(C=C)OCCc1ccc(O)c(-n2nc3ccccc3n2)c1. The van der Waals surface area contributed by atoms with Crippen molar-refractivity contribution in [1.82, 2.24) is 15.0 Å². The third-order valence-electron chi connectivity index (χ3n) is 4.24. The van der Waals surface area contributed by atoms with Crippen molar-refractivity contribution in [2.24, 2.45) is 0 Å². The fourth-order valence-electron chi connectivity index (χ4n) is 2.62. The highest BCUT2D eigenvalue weighted by Crippen LogP contribution is 2.23. The number of fused-ring (bicyclic) bond motifs is 1. The van der Waals surface area contributed by atoms with E-state index in [4.69, 9.17) is 4.43 Å². The molecule has 0 spiro atoms. The summed E-state index contributed by atoms with van der Waals surface area (Å²) in [7, 11) is -2.27. The van der Waals surface area contributed by atoms with E-state index in [1.54, 1.807) is 23.2 Å². The van der Waals surface area contributed by atoms with Gasteiger partial charge in [0.2, 0.25) is 0 Å². The van der Waals surface area contributed by atoms with Crippen molar-refractivity contribution in [2.45, 2.75) is 6.42 Å². The molecule has 1 aromatic heterocycles. The summed E-state index contributed by atoms with van der Waals surface area (Å²) in [6.45, 7) is 12.0. The minimum absolute atomic E-state index is 0.127. The van der Waals surface area contributed by atoms with Gasteiger partial charge < -0.3 is 9.53 Å². The fourth-order valence-corrected chi connectivity index (χ4v) is 3.93. The van der Waals surface area contributed by atoms with E-state index in [0.717, 1.165) is 16.6 Å². The van der Waals surface area contributed by atoms with E-state index >= 15 is 0 Å². The Kier molecular flexibility index (Phi) is 5.15. The quantitative estimate of drug-likeness (QED) is 0.618. The van der Waals surface area contributed by atoms with Gasteiger partial charge in [-0.15, -0.1) is 34.7 Å². The second kappa shape index (κ2) is 7.51. The molecule has 0 amide bonds. The number of aromatic hydroxyl groups is 1. The molecule has 6 heteroatoms. The molecule has 0 atom stereocenters. The number of rotatable bonds is 8. The Balaban J connectivity index is 1.80. The molecule has 0 aliphatic heterocycles. The van der Waals surface area contributed by atoms with Crippen LogP contribution in [0, 0.1) is 0 Å². The van der Waals surface area contributed by atoms with Crippen LogP contribution >= 0.6 is 0 Å². The van der Waals surface area contributed by atoms with Crippen molar-refractivity contribution in [1.29, 1.82) is 0 Å². The van der Waals surface area contributed by atoms with Crippen LogP contribution in [0.25, 0.3) is 16.7 Å². The lowest BCUT2D eigenvalue weighted by Gasteiger charge is -2.20. The molecule has 0 radical (unpaired) electrons. The maximum Gasteiger partial charge on any atom is 0.264 e. The average molecular weight is 363 g/mol. The molecule has 0 aliphatic rings. The van der Waals surface area contributed by atoms with Gasteiger partial charge in [0.1, 0.15) is 22.5 Å². The zero-order valence-corrected chi connectivity index (χ0v) is 15.5. The minimum Gasteiger partial charge on any atom is -0.506 e. The minimum atomic E-state index is -2.27. The lowest BCUT2D eigenvalue weighted by molar-refractivity contribution is 0.326. The van der Waals surface area contributed by atoms with E-state index in [9.17, 15) is 5.11 Å². The van der Waals surface area contributed by atoms with Crippen LogP contribution < -0.4 is 0 Å². The highest BCUT2D eigenvalue weighted by molar-refractivity contribution is 6.87. The van der Waals surface area contributed by atoms with Gasteiger partial charge in [0.25, 0.3) is 8.32 Å². The summed E-state index contributed by atoms with van der Waals surface area (Å²) in [5, 5.41) is 19.1. The summed E-state index contributed by atoms with van der Waals surface area (Å²) in [5.74, 6) is 0.127. The third-order valence-corrected chi connectivity index (χ3v) is 6.86. The molecule has 1 heterocycles. The predicted molar refractivity (Wildman–Crippen MR) is 107 cm³/mol. The van der Waals surface area contributed by atoms with E-state index in [0.29, 0.717) is 18.7 Å². The van der Waals surface area contributed by atoms with Crippen molar-refractivity contribution in [3.05, 3.63) is 84.9 Å². The van der Waals surface area contributed by atoms with Gasteiger partial charge in [0, 0.05) is 6.61 Å². The van der Waals surface area contributed by atoms with Crippen LogP contribution in [0.15, 0.2) is 79.3 Å². The Bertz CT molecular complexity index is 910. The number of phenolic OH excluding ortho intramolecular Hbond substituents is 1. The first kappa shape index (κ1) is 17.8. The first-order chi connectivity index (χ1) is 12.6. The molecule has 0 aliphatic carbocycles. The zero-order chi connectivity index (χ0) is 18.6. The van der Waals surface area contributed by atoms with Gasteiger partial charge in [-0.1, -0.05) is 35.3 Å². The molecule has 0 saturated heterocycles. The van der Waals surface area contributed by atoms with E-state index in [1.165, 1.54) is 4.80 Å². The van der Waals surface area contributed by atoms with Crippen LogP contribution in [0.3, 0.4) is 0 Å². The second-order valence-corrected chi connectivity index (χ2v) is 9.09. The summed E-state index contributed by atoms with van der Waals surface area (Å²) < 4.78 is 5.99. The molecule has 0 fully saturated rings. The molecule has 3 rings (SSSR count). The van der Waals surface area contributed by atoms with Gasteiger partial charge in [-0.3, -0.25) is 0 Å². The first-order valence-corrected chi connectivity index (χ1v) is 10.4. The van der Waals surface area contributed by atoms with Crippen LogP contribution in [-0.4, -0.2) is 35.0 Å². The Morgan fingerprint density at radius 3 is 2.19 bits per heavy atom. The molecule has 5 nitrogen and oxygen atoms in total. The zero-order valence-electron chi connectivity index (χ0n) is 14.5. The maximum absolute atomic E-state index is 10.2. The Hall–Kier alpha value is -2.96. The molecule has 1 N–H and O–H groups in total. The van der Waals surface area contributed by atoms with Gasteiger partial charge >= 0.3 is 0 Å². The standard InChI is InChI=1S/C20H21N3O2Si/c1-4-26(5-2,6-3)25-14-13-16-11-12-20(24)19(15-16)23-21-17-9-7-8-10-18(17)22-23/h4-12,15,24H,1-3,13-14H2. The smallest absolute Gasteiger partial charge is 0.264 e. The van der Waals surface area contributed by atoms with Crippen LogP contribution in [-0.2, 0) is 10.8 Å². The molecule has 3 aromatic rings. The maximum atomic E-state index is 10.2. The predicted octanol–water partition coefficient (Wildman–Crippen LogP) is 3.81. The van der Waals surface area contributed by atoms with E-state index in [1.807, 2.05) is 36.4 Å². The molecule has 0 bridgehead atoms. The van der Waals surface area contributed by atoms with Crippen LogP contribution in [0.1, 0.15) is 5.56 Å². The van der Waals surface area contributed by atoms with Crippen molar-refractivity contribution >= 4 is 19.4 Å². The number of benzene rings is 2. The Labute approximate surface area is 153 Å². The lowest BCUT2D eigenvalue weighted by Crippen LogP contribution is -2.32. The van der Waals surface area contributed by atoms with Gasteiger partial charge in [-0.2, -0.15) is 0 Å². The molecular formula is C20H21N3O2Si. The summed E-state index contributed by atoms with van der Waals surface area (Å²) >= 11 is 0. The van der Waals surface area contributed by atoms with Crippen molar-refractivity contribution in [2.75, 3.05) is 6.61 Å². The summed E-state index contributed by atoms with van der Waals surface area (Å²) in [6, 6.07) is 13.0. The van der Waals surface area contributed by atoms with Crippen LogP contribution in [0.4, 0.5) is 0 Å². The molecule has 0 saturated carbocycles. The topological polar surface area (TPSA) is 60.2 Å². The fraction of sp³-hybridized carbons (Fsp3) is 0.100. The van der Waals surface area contributed by atoms with Crippen molar-refractivity contribution in [3.8, 4) is 11.4 Å². The van der Waals surface area contributed by atoms with Gasteiger partial charge in [0.15, 0.2) is 0 Å². The van der Waals surface area contributed by atoms with Crippen molar-refractivity contribution < 1.29 is 9.53 Å². The van der Waals surface area contributed by atoms with Crippen molar-refractivity contribution in [3.63, 3.8) is 0 Å². The van der Waals surface area contributed by atoms with E-state index in [-0.39, 0.29) is 5.75 Å². The van der Waals surface area contributed by atoms with Gasteiger partial charge in [-0.05, 0) is 36.2 Å². The molecular weight excluding hydrogens is 342 g/mol. The van der Waals surface area contributed by atoms with E-state index < -0.39 is 8.32 Å². The molecule has 132 valence electrons. The highest BCUT2D eigenvalue weighted by Gasteiger charge is 2.23. The van der Waals surface area contributed by atoms with Crippen LogP contribution in [0.5, 0.6) is 5.75 Å². The summed E-state index contributed by atoms with van der Waals surface area (Å²) in [4.78, 5) is 1.46. The first-order valence-electron chi connectivity index (χ1n) is 8.30. The third kappa shape index (κ3) is 3.51. The van der Waals surface area contributed by atoms with E-state index in [2.05, 4.69) is 29.9 Å². The lowest BCUT2D eigenvalue weighted by atomic mass is 10.1. The summed E-state index contributed by atoms with van der Waals surface area (Å²) in [6.07, 6.45) is 0.679. The molecule has 0 unspecified atom stereocenters. The summed E-state index contributed by atoms with van der Waals surface area (Å²) in [5.41, 5.74) is 8.51. The normalized spacial score (nSPS) is 11.4. The molecule has 26 heavy (non-hydrogen) atoms. The Morgan fingerprint density at radius 1 is 1.00 bits per heavy atom. The number of hydrogen-bond acceptors (Lipinski definition) is 4. The largest absolute Gasteiger partial charge is 0.506 e. The second-order valence-electron chi connectivity index (χ2n) is 5.87. The van der Waals surface area contributed by atoms with Crippen LogP contribution in [0.2, 0.25) is 0 Å². The Morgan fingerprint density at radius 2 is 1.62 bits per heavy atom. The number of hydrogen-bond donors (Lipinski definition) is 1. The molecule has 2 aromatic carbocycles. The van der Waals surface area contributed by atoms with Gasteiger partial charge in [-0.25, -0.2) is 0 Å².